The molecule has 0 spiro atoms. The molecule has 5 N–H and O–H groups in total. The molecular formula is C23H23F2N5O3. The molecule has 10 heteroatoms. The van der Waals surface area contributed by atoms with Crippen LogP contribution in [0, 0.1) is 11.6 Å². The Labute approximate surface area is 187 Å². The fourth-order valence-electron chi connectivity index (χ4n) is 4.91. The zero-order valence-corrected chi connectivity index (χ0v) is 17.7. The van der Waals surface area contributed by atoms with Gasteiger partial charge < -0.3 is 26.0 Å². The number of hydrogen-bond acceptors (Lipinski definition) is 6. The Morgan fingerprint density at radius 1 is 1.24 bits per heavy atom. The van der Waals surface area contributed by atoms with Crippen LogP contribution in [-0.4, -0.2) is 40.3 Å². The number of benzene rings is 1. The summed E-state index contributed by atoms with van der Waals surface area (Å²) in [6.07, 6.45) is 6.41. The van der Waals surface area contributed by atoms with E-state index in [0.717, 1.165) is 11.8 Å². The monoisotopic (exact) mass is 455 g/mol. The van der Waals surface area contributed by atoms with Gasteiger partial charge >= 0.3 is 5.97 Å². The minimum Gasteiger partial charge on any atom is -0.477 e. The lowest BCUT2D eigenvalue weighted by Gasteiger charge is -2.29. The number of nitrogen functional groups attached to an aromatic ring is 1. The SMILES string of the molecule is NCC1(c2ccncc2)CCN(c2c(F)c(N)c3c(=O)c(C(=O)O)cn(C4CC4)c3c2F)C1. The van der Waals surface area contributed by atoms with Gasteiger partial charge in [0, 0.05) is 49.7 Å². The summed E-state index contributed by atoms with van der Waals surface area (Å²) < 4.78 is 32.9. The molecule has 0 radical (unpaired) electrons. The van der Waals surface area contributed by atoms with Crippen LogP contribution < -0.4 is 21.8 Å². The van der Waals surface area contributed by atoms with E-state index >= 15 is 8.78 Å². The molecule has 3 aromatic rings. The number of anilines is 2. The van der Waals surface area contributed by atoms with Crippen molar-refractivity contribution in [1.82, 2.24) is 9.55 Å². The van der Waals surface area contributed by atoms with E-state index in [1.807, 2.05) is 12.1 Å². The van der Waals surface area contributed by atoms with E-state index in [4.69, 9.17) is 11.5 Å². The molecule has 1 aliphatic carbocycles. The predicted octanol–water partition coefficient (Wildman–Crippen LogP) is 2.40. The normalized spacial score (nSPS) is 20.5. The van der Waals surface area contributed by atoms with Crippen LogP contribution in [0.4, 0.5) is 20.2 Å². The third-order valence-electron chi connectivity index (χ3n) is 6.89. The Balaban J connectivity index is 1.71. The van der Waals surface area contributed by atoms with Crippen molar-refractivity contribution in [3.05, 3.63) is 63.7 Å². The topological polar surface area (TPSA) is 127 Å². The van der Waals surface area contributed by atoms with Gasteiger partial charge in [-0.3, -0.25) is 9.78 Å². The largest absolute Gasteiger partial charge is 0.477 e. The van der Waals surface area contributed by atoms with Crippen LogP contribution in [0.5, 0.6) is 0 Å². The summed E-state index contributed by atoms with van der Waals surface area (Å²) in [5.74, 6) is -3.45. The Hall–Kier alpha value is -3.53. The third-order valence-corrected chi connectivity index (χ3v) is 6.89. The van der Waals surface area contributed by atoms with Crippen molar-refractivity contribution >= 4 is 28.2 Å². The lowest BCUT2D eigenvalue weighted by Crippen LogP contribution is -2.38. The molecule has 8 nitrogen and oxygen atoms in total. The Kier molecular flexibility index (Phi) is 4.86. The van der Waals surface area contributed by atoms with Gasteiger partial charge in [0.2, 0.25) is 5.43 Å². The van der Waals surface area contributed by atoms with Crippen molar-refractivity contribution in [3.63, 3.8) is 0 Å². The molecule has 0 bridgehead atoms. The van der Waals surface area contributed by atoms with Crippen molar-refractivity contribution < 1.29 is 18.7 Å². The number of nitrogens with zero attached hydrogens (tertiary/aromatic N) is 3. The van der Waals surface area contributed by atoms with Gasteiger partial charge in [0.15, 0.2) is 11.6 Å². The average Bonchev–Trinajstić information content (AvgIpc) is 3.57. The highest BCUT2D eigenvalue weighted by Crippen LogP contribution is 2.44. The lowest BCUT2D eigenvalue weighted by molar-refractivity contribution is 0.0695. The molecule has 0 amide bonds. The number of carboxylic acids is 1. The van der Waals surface area contributed by atoms with Crippen LogP contribution in [0.1, 0.15) is 41.2 Å². The van der Waals surface area contributed by atoms with E-state index in [9.17, 15) is 14.7 Å². The van der Waals surface area contributed by atoms with Crippen molar-refractivity contribution in [1.29, 1.82) is 0 Å². The minimum atomic E-state index is -1.47. The second-order valence-corrected chi connectivity index (χ2v) is 8.82. The summed E-state index contributed by atoms with van der Waals surface area (Å²) in [7, 11) is 0. The summed E-state index contributed by atoms with van der Waals surface area (Å²) in [6.45, 7) is 0.862. The number of aromatic carboxylic acids is 1. The minimum absolute atomic E-state index is 0.157. The van der Waals surface area contributed by atoms with E-state index in [-0.39, 0.29) is 30.3 Å². The van der Waals surface area contributed by atoms with Crippen molar-refractivity contribution in [2.75, 3.05) is 30.3 Å². The number of nitrogens with two attached hydrogens (primary N) is 2. The smallest absolute Gasteiger partial charge is 0.341 e. The molecule has 1 saturated heterocycles. The summed E-state index contributed by atoms with van der Waals surface area (Å²) in [4.78, 5) is 30.0. The average molecular weight is 455 g/mol. The number of rotatable bonds is 5. The van der Waals surface area contributed by atoms with Gasteiger partial charge in [0.1, 0.15) is 11.3 Å². The molecular weight excluding hydrogens is 432 g/mol. The van der Waals surface area contributed by atoms with Crippen molar-refractivity contribution in [2.24, 2.45) is 5.73 Å². The molecule has 1 aliphatic heterocycles. The van der Waals surface area contributed by atoms with Gasteiger partial charge in [-0.15, -0.1) is 0 Å². The molecule has 1 aromatic carbocycles. The first kappa shape index (κ1) is 21.3. The fourth-order valence-corrected chi connectivity index (χ4v) is 4.91. The number of halogens is 2. The molecule has 2 fully saturated rings. The van der Waals surface area contributed by atoms with Crippen LogP contribution in [0.25, 0.3) is 10.9 Å². The first-order valence-corrected chi connectivity index (χ1v) is 10.7. The second-order valence-electron chi connectivity index (χ2n) is 8.82. The zero-order chi connectivity index (χ0) is 23.5. The van der Waals surface area contributed by atoms with Crippen LogP contribution in [0.3, 0.4) is 0 Å². The summed E-state index contributed by atoms with van der Waals surface area (Å²) in [5, 5.41) is 9.00. The zero-order valence-electron chi connectivity index (χ0n) is 17.7. The van der Waals surface area contributed by atoms with Crippen molar-refractivity contribution in [3.8, 4) is 0 Å². The maximum Gasteiger partial charge on any atom is 0.341 e. The first-order valence-electron chi connectivity index (χ1n) is 10.7. The Morgan fingerprint density at radius 3 is 2.55 bits per heavy atom. The Morgan fingerprint density at radius 2 is 1.94 bits per heavy atom. The highest BCUT2D eigenvalue weighted by Gasteiger charge is 2.41. The van der Waals surface area contributed by atoms with Gasteiger partial charge in [-0.05, 0) is 37.0 Å². The van der Waals surface area contributed by atoms with Crippen LogP contribution in [0.15, 0.2) is 35.5 Å². The second kappa shape index (κ2) is 7.51. The summed E-state index contributed by atoms with van der Waals surface area (Å²) in [6, 6.07) is 3.52. The lowest BCUT2D eigenvalue weighted by atomic mass is 9.80. The number of fused-ring (bicyclic) bond motifs is 1. The molecule has 5 rings (SSSR count). The van der Waals surface area contributed by atoms with Gasteiger partial charge in [0.25, 0.3) is 0 Å². The molecule has 33 heavy (non-hydrogen) atoms. The predicted molar refractivity (Wildman–Crippen MR) is 120 cm³/mol. The molecule has 2 aromatic heterocycles. The standard InChI is InChI=1S/C23H23F2N5O3/c24-16-18(27)15-19(30(13-1-2-13)9-14(21(15)31)22(32)33)17(25)20(16)29-8-5-23(10-26,11-29)12-3-6-28-7-4-12/h3-4,6-7,9,13H,1-2,5,8,10-11,26-27H2,(H,32,33). The summed E-state index contributed by atoms with van der Waals surface area (Å²) in [5.41, 5.74) is 9.97. The van der Waals surface area contributed by atoms with Gasteiger partial charge in [-0.1, -0.05) is 0 Å². The quantitative estimate of drug-likeness (QED) is 0.504. The maximum atomic E-state index is 16.0. The van der Waals surface area contributed by atoms with Gasteiger partial charge in [0.05, 0.1) is 16.6 Å². The number of hydrogen-bond donors (Lipinski definition) is 3. The van der Waals surface area contributed by atoms with E-state index < -0.39 is 45.1 Å². The van der Waals surface area contributed by atoms with E-state index in [1.165, 1.54) is 4.57 Å². The Bertz CT molecular complexity index is 1340. The number of pyridine rings is 2. The van der Waals surface area contributed by atoms with Crippen molar-refractivity contribution in [2.45, 2.75) is 30.7 Å². The maximum absolute atomic E-state index is 16.0. The first-order chi connectivity index (χ1) is 15.8. The molecule has 2 aliphatic rings. The van der Waals surface area contributed by atoms with Gasteiger partial charge in [-0.2, -0.15) is 0 Å². The van der Waals surface area contributed by atoms with Crippen LogP contribution in [0.2, 0.25) is 0 Å². The number of carbonyl (C=O) groups is 1. The van der Waals surface area contributed by atoms with Gasteiger partial charge in [-0.25, -0.2) is 13.6 Å². The highest BCUT2D eigenvalue weighted by molar-refractivity contribution is 5.99. The molecule has 3 heterocycles. The molecule has 1 saturated carbocycles. The number of carboxylic acid groups (broad SMARTS) is 1. The van der Waals surface area contributed by atoms with Crippen LogP contribution >= 0.6 is 0 Å². The summed E-state index contributed by atoms with van der Waals surface area (Å²) >= 11 is 0. The molecule has 1 atom stereocenters. The third kappa shape index (κ3) is 3.16. The fraction of sp³-hybridized carbons (Fsp3) is 0.348. The molecule has 172 valence electrons. The highest BCUT2D eigenvalue weighted by atomic mass is 19.1. The van der Waals surface area contributed by atoms with E-state index in [2.05, 4.69) is 4.98 Å². The van der Waals surface area contributed by atoms with E-state index in [1.54, 1.807) is 17.3 Å². The molecule has 1 unspecified atom stereocenters. The van der Waals surface area contributed by atoms with E-state index in [0.29, 0.717) is 25.8 Å². The number of aromatic nitrogens is 2. The van der Waals surface area contributed by atoms with Crippen LogP contribution in [-0.2, 0) is 5.41 Å².